The minimum Gasteiger partial charge on any atom is -0.487 e. The summed E-state index contributed by atoms with van der Waals surface area (Å²) < 4.78 is 34.0. The van der Waals surface area contributed by atoms with Gasteiger partial charge in [0.1, 0.15) is 18.9 Å². The molecule has 1 aliphatic heterocycles. The van der Waals surface area contributed by atoms with Crippen molar-refractivity contribution in [1.82, 2.24) is 10.0 Å². The van der Waals surface area contributed by atoms with Crippen LogP contribution < -0.4 is 19.1 Å². The van der Waals surface area contributed by atoms with E-state index in [1.807, 2.05) is 47.2 Å². The molecule has 0 aromatic heterocycles. The van der Waals surface area contributed by atoms with Crippen LogP contribution in [0.15, 0.2) is 48.5 Å². The van der Waals surface area contributed by atoms with Gasteiger partial charge in [-0.2, -0.15) is 8.42 Å². The highest BCUT2D eigenvalue weighted by atomic mass is 32.2. The Kier molecular flexibility index (Phi) is 6.88. The third-order valence-electron chi connectivity index (χ3n) is 6.15. The number of nitrogens with zero attached hydrogens (tertiary/aromatic N) is 1. The average Bonchev–Trinajstić information content (AvgIpc) is 3.06. The summed E-state index contributed by atoms with van der Waals surface area (Å²) in [7, 11) is -3.95. The van der Waals surface area contributed by atoms with E-state index in [4.69, 9.17) is 4.74 Å². The maximum Gasteiger partial charge on any atom is 0.326 e. The molecular weight excluding hydrogens is 442 g/mol. The van der Waals surface area contributed by atoms with E-state index >= 15 is 0 Å². The van der Waals surface area contributed by atoms with Gasteiger partial charge < -0.3 is 10.1 Å². The van der Waals surface area contributed by atoms with E-state index in [0.29, 0.717) is 17.4 Å². The van der Waals surface area contributed by atoms with Crippen LogP contribution in [0.5, 0.6) is 5.75 Å². The van der Waals surface area contributed by atoms with Crippen molar-refractivity contribution >= 4 is 27.7 Å². The van der Waals surface area contributed by atoms with Crippen LogP contribution in [-0.4, -0.2) is 32.8 Å². The van der Waals surface area contributed by atoms with Gasteiger partial charge in [0.15, 0.2) is 0 Å². The van der Waals surface area contributed by atoms with Gasteiger partial charge in [-0.15, -0.1) is 0 Å². The summed E-state index contributed by atoms with van der Waals surface area (Å²) in [4.78, 5) is 23.4. The molecule has 0 radical (unpaired) electrons. The normalized spacial score (nSPS) is 22.0. The van der Waals surface area contributed by atoms with Crippen LogP contribution in [0, 0.1) is 5.92 Å². The molecule has 0 spiro atoms. The molecule has 2 N–H and O–H groups in total. The van der Waals surface area contributed by atoms with E-state index < -0.39 is 16.1 Å². The summed E-state index contributed by atoms with van der Waals surface area (Å²) in [6.07, 6.45) is 4.94. The zero-order chi connectivity index (χ0) is 23.4. The van der Waals surface area contributed by atoms with Gasteiger partial charge in [0.2, 0.25) is 5.91 Å². The molecule has 2 fully saturated rings. The van der Waals surface area contributed by atoms with Crippen LogP contribution in [0.2, 0.25) is 0 Å². The predicted octanol–water partition coefficient (Wildman–Crippen LogP) is 2.68. The lowest BCUT2D eigenvalue weighted by Crippen LogP contribution is -2.41. The number of rotatable bonds is 7. The Bertz CT molecular complexity index is 1120. The second-order valence-electron chi connectivity index (χ2n) is 8.67. The summed E-state index contributed by atoms with van der Waals surface area (Å²) in [5.74, 6) is 0.108. The molecule has 2 aliphatic rings. The van der Waals surface area contributed by atoms with Gasteiger partial charge in [-0.3, -0.25) is 9.59 Å². The first-order chi connectivity index (χ1) is 15.8. The highest BCUT2D eigenvalue weighted by Gasteiger charge is 2.36. The van der Waals surface area contributed by atoms with Crippen LogP contribution >= 0.6 is 0 Å². The number of carbonyl (C=O) groups is 2. The number of hydrogen-bond acceptors (Lipinski definition) is 5. The summed E-state index contributed by atoms with van der Waals surface area (Å²) in [5, 5.41) is 3.08. The molecule has 1 aliphatic carbocycles. The standard InChI is InChI=1S/C24H29N3O5S/c1-17(28)25-21-10-6-5-9-20(21)13-19-11-12-22(27-15-24(29)26-33(27,30)31)23(14-19)32-16-18-7-3-2-4-8-18/h2-4,7-8,11-12,14,20-21H,5-6,9-10,13,15-16H2,1H3,(H,25,28)(H,26,29). The van der Waals surface area contributed by atoms with Gasteiger partial charge in [-0.05, 0) is 48.4 Å². The number of nitrogens with one attached hydrogen (secondary N) is 2. The number of amides is 2. The highest BCUT2D eigenvalue weighted by molar-refractivity contribution is 7.92. The second kappa shape index (κ2) is 9.82. The Hall–Kier alpha value is -3.07. The fraction of sp³-hybridized carbons (Fsp3) is 0.417. The van der Waals surface area contributed by atoms with Gasteiger partial charge in [0.25, 0.3) is 5.91 Å². The maximum absolute atomic E-state index is 12.4. The number of anilines is 1. The molecule has 1 saturated carbocycles. The van der Waals surface area contributed by atoms with Crippen LogP contribution in [-0.2, 0) is 32.8 Å². The molecule has 2 aromatic rings. The molecule has 4 rings (SSSR count). The quantitative estimate of drug-likeness (QED) is 0.646. The fourth-order valence-electron chi connectivity index (χ4n) is 4.61. The van der Waals surface area contributed by atoms with Gasteiger partial charge in [0, 0.05) is 13.0 Å². The second-order valence-corrected chi connectivity index (χ2v) is 10.3. The monoisotopic (exact) mass is 471 g/mol. The largest absolute Gasteiger partial charge is 0.487 e. The first-order valence-corrected chi connectivity index (χ1v) is 12.7. The molecule has 2 amide bonds. The van der Waals surface area contributed by atoms with Crippen LogP contribution in [0.1, 0.15) is 43.7 Å². The molecule has 1 heterocycles. The highest BCUT2D eigenvalue weighted by Crippen LogP contribution is 2.35. The number of ether oxygens (including phenoxy) is 1. The predicted molar refractivity (Wildman–Crippen MR) is 125 cm³/mol. The third-order valence-corrected chi connectivity index (χ3v) is 7.54. The summed E-state index contributed by atoms with van der Waals surface area (Å²) in [5.41, 5.74) is 2.28. The smallest absolute Gasteiger partial charge is 0.326 e. The molecule has 176 valence electrons. The molecule has 0 bridgehead atoms. The van der Waals surface area contributed by atoms with E-state index in [0.717, 1.165) is 47.5 Å². The molecule has 9 heteroatoms. The molecular formula is C24H29N3O5S. The van der Waals surface area contributed by atoms with E-state index in [1.54, 1.807) is 13.0 Å². The third kappa shape index (κ3) is 5.65. The van der Waals surface area contributed by atoms with Gasteiger partial charge in [-0.25, -0.2) is 9.03 Å². The van der Waals surface area contributed by atoms with E-state index in [1.165, 1.54) is 0 Å². The molecule has 2 unspecified atom stereocenters. The molecule has 1 saturated heterocycles. The number of carbonyl (C=O) groups excluding carboxylic acids is 2. The maximum atomic E-state index is 12.4. The van der Waals surface area contributed by atoms with Crippen LogP contribution in [0.3, 0.4) is 0 Å². The van der Waals surface area contributed by atoms with Gasteiger partial charge in [-0.1, -0.05) is 49.2 Å². The Labute approximate surface area is 194 Å². The van der Waals surface area contributed by atoms with Gasteiger partial charge >= 0.3 is 10.2 Å². The Balaban J connectivity index is 1.61. The summed E-state index contributed by atoms with van der Waals surface area (Å²) in [6, 6.07) is 15.2. The summed E-state index contributed by atoms with van der Waals surface area (Å²) in [6.45, 7) is 1.53. The minimum absolute atomic E-state index is 0.0226. The van der Waals surface area contributed by atoms with Crippen molar-refractivity contribution in [2.45, 2.75) is 51.7 Å². The van der Waals surface area contributed by atoms with Crippen molar-refractivity contribution in [2.75, 3.05) is 10.8 Å². The first-order valence-electron chi connectivity index (χ1n) is 11.2. The van der Waals surface area contributed by atoms with E-state index in [9.17, 15) is 18.0 Å². The van der Waals surface area contributed by atoms with Crippen LogP contribution in [0.25, 0.3) is 0 Å². The van der Waals surface area contributed by atoms with Crippen LogP contribution in [0.4, 0.5) is 5.69 Å². The fourth-order valence-corrected chi connectivity index (χ4v) is 5.77. The van der Waals surface area contributed by atoms with Crippen molar-refractivity contribution in [2.24, 2.45) is 5.92 Å². The van der Waals surface area contributed by atoms with Crippen molar-refractivity contribution in [3.05, 3.63) is 59.7 Å². The molecule has 8 nitrogen and oxygen atoms in total. The number of benzene rings is 2. The Morgan fingerprint density at radius 3 is 2.58 bits per heavy atom. The molecule has 33 heavy (non-hydrogen) atoms. The Morgan fingerprint density at radius 1 is 1.12 bits per heavy atom. The van der Waals surface area contributed by atoms with Gasteiger partial charge in [0.05, 0.1) is 5.69 Å². The molecule has 2 atom stereocenters. The minimum atomic E-state index is -3.95. The lowest BCUT2D eigenvalue weighted by Gasteiger charge is -2.32. The number of hydrogen-bond donors (Lipinski definition) is 2. The SMILES string of the molecule is CC(=O)NC1CCCCC1Cc1ccc(N2CC(=O)NS2(=O)=O)c(OCc2ccccc2)c1. The zero-order valence-electron chi connectivity index (χ0n) is 18.6. The van der Waals surface area contributed by atoms with Crippen molar-refractivity contribution in [3.8, 4) is 5.75 Å². The first kappa shape index (κ1) is 23.1. The zero-order valence-corrected chi connectivity index (χ0v) is 19.4. The lowest BCUT2D eigenvalue weighted by atomic mass is 9.80. The lowest BCUT2D eigenvalue weighted by molar-refractivity contribution is -0.120. The molecule has 2 aromatic carbocycles. The van der Waals surface area contributed by atoms with Crippen molar-refractivity contribution in [1.29, 1.82) is 0 Å². The Morgan fingerprint density at radius 2 is 1.88 bits per heavy atom. The summed E-state index contributed by atoms with van der Waals surface area (Å²) >= 11 is 0. The average molecular weight is 472 g/mol. The van der Waals surface area contributed by atoms with E-state index in [2.05, 4.69) is 5.32 Å². The van der Waals surface area contributed by atoms with Crippen molar-refractivity contribution < 1.29 is 22.7 Å². The van der Waals surface area contributed by atoms with E-state index in [-0.39, 0.29) is 25.1 Å². The topological polar surface area (TPSA) is 105 Å². The van der Waals surface area contributed by atoms with Crippen molar-refractivity contribution in [3.63, 3.8) is 0 Å².